The van der Waals surface area contributed by atoms with Gasteiger partial charge in [0, 0.05) is 31.9 Å². The second-order valence-electron chi connectivity index (χ2n) is 6.56. The number of pyridine rings is 1. The number of rotatable bonds is 3. The Morgan fingerprint density at radius 1 is 1.15 bits per heavy atom. The number of nitrogens with zero attached hydrogens (tertiary/aromatic N) is 3. The van der Waals surface area contributed by atoms with Crippen LogP contribution in [0, 0.1) is 0 Å². The highest BCUT2D eigenvalue weighted by Gasteiger charge is 2.40. The number of hydrogen-bond acceptors (Lipinski definition) is 4. The standard InChI is InChI=1S/C16H25N3O/c1-13(2)15-5-4-14(10-17-15)18-6-8-19(9-7-18)16(3)11-20-12-16/h4-5,10,13H,6-9,11-12H2,1-3H3. The lowest BCUT2D eigenvalue weighted by Crippen LogP contribution is -2.64. The van der Waals surface area contributed by atoms with E-state index in [1.54, 1.807) is 0 Å². The van der Waals surface area contributed by atoms with E-state index in [1.165, 1.54) is 11.4 Å². The minimum atomic E-state index is 0.284. The summed E-state index contributed by atoms with van der Waals surface area (Å²) < 4.78 is 5.37. The highest BCUT2D eigenvalue weighted by atomic mass is 16.5. The van der Waals surface area contributed by atoms with E-state index in [0.717, 1.165) is 39.4 Å². The molecule has 2 aliphatic rings. The summed E-state index contributed by atoms with van der Waals surface area (Å²) in [6, 6.07) is 4.37. The van der Waals surface area contributed by atoms with Crippen molar-refractivity contribution >= 4 is 5.69 Å². The molecule has 3 heterocycles. The van der Waals surface area contributed by atoms with Gasteiger partial charge in [-0.15, -0.1) is 0 Å². The number of piperazine rings is 1. The molecule has 0 unspecified atom stereocenters. The minimum Gasteiger partial charge on any atom is -0.377 e. The van der Waals surface area contributed by atoms with Crippen molar-refractivity contribution in [1.29, 1.82) is 0 Å². The van der Waals surface area contributed by atoms with Gasteiger partial charge in [-0.1, -0.05) is 13.8 Å². The first-order valence-electron chi connectivity index (χ1n) is 7.62. The zero-order valence-corrected chi connectivity index (χ0v) is 12.8. The van der Waals surface area contributed by atoms with Crippen molar-refractivity contribution in [3.63, 3.8) is 0 Å². The molecule has 3 rings (SSSR count). The summed E-state index contributed by atoms with van der Waals surface area (Å²) in [5.74, 6) is 0.500. The highest BCUT2D eigenvalue weighted by Crippen LogP contribution is 2.27. The van der Waals surface area contributed by atoms with Crippen LogP contribution in [-0.2, 0) is 4.74 Å². The van der Waals surface area contributed by atoms with Gasteiger partial charge in [0.25, 0.3) is 0 Å². The Morgan fingerprint density at radius 3 is 2.30 bits per heavy atom. The van der Waals surface area contributed by atoms with Crippen molar-refractivity contribution in [3.8, 4) is 0 Å². The van der Waals surface area contributed by atoms with Crippen LogP contribution < -0.4 is 4.90 Å². The van der Waals surface area contributed by atoms with E-state index >= 15 is 0 Å². The Kier molecular flexibility index (Phi) is 3.69. The van der Waals surface area contributed by atoms with E-state index in [1.807, 2.05) is 6.20 Å². The Labute approximate surface area is 121 Å². The van der Waals surface area contributed by atoms with Gasteiger partial charge in [-0.25, -0.2) is 0 Å². The number of anilines is 1. The van der Waals surface area contributed by atoms with Gasteiger partial charge >= 0.3 is 0 Å². The van der Waals surface area contributed by atoms with Crippen molar-refractivity contribution in [2.45, 2.75) is 32.2 Å². The second kappa shape index (κ2) is 5.34. The van der Waals surface area contributed by atoms with Gasteiger partial charge in [0.2, 0.25) is 0 Å². The molecule has 4 nitrogen and oxygen atoms in total. The molecule has 0 amide bonds. The normalized spacial score (nSPS) is 22.9. The van der Waals surface area contributed by atoms with E-state index in [2.05, 4.69) is 47.7 Å². The molecule has 2 aliphatic heterocycles. The van der Waals surface area contributed by atoms with Crippen LogP contribution in [0.4, 0.5) is 5.69 Å². The van der Waals surface area contributed by atoms with Crippen molar-refractivity contribution in [1.82, 2.24) is 9.88 Å². The molecule has 0 aliphatic carbocycles. The average Bonchev–Trinajstić information content (AvgIpc) is 2.45. The van der Waals surface area contributed by atoms with Gasteiger partial charge in [0.15, 0.2) is 0 Å². The lowest BCUT2D eigenvalue weighted by atomic mass is 9.97. The summed E-state index contributed by atoms with van der Waals surface area (Å²) in [6.45, 7) is 12.8. The zero-order valence-electron chi connectivity index (χ0n) is 12.8. The quantitative estimate of drug-likeness (QED) is 0.845. The maximum Gasteiger partial charge on any atom is 0.0671 e. The molecule has 1 aromatic rings. The van der Waals surface area contributed by atoms with Crippen LogP contribution in [0.25, 0.3) is 0 Å². The predicted molar refractivity (Wildman–Crippen MR) is 81.3 cm³/mol. The highest BCUT2D eigenvalue weighted by molar-refractivity contribution is 5.45. The van der Waals surface area contributed by atoms with E-state index in [-0.39, 0.29) is 5.54 Å². The summed E-state index contributed by atoms with van der Waals surface area (Å²) >= 11 is 0. The van der Waals surface area contributed by atoms with E-state index in [9.17, 15) is 0 Å². The molecule has 2 saturated heterocycles. The minimum absolute atomic E-state index is 0.284. The third-order valence-electron chi connectivity index (χ3n) is 4.60. The van der Waals surface area contributed by atoms with Crippen LogP contribution in [0.1, 0.15) is 32.4 Å². The maximum atomic E-state index is 5.37. The van der Waals surface area contributed by atoms with Gasteiger partial charge in [0.1, 0.15) is 0 Å². The summed E-state index contributed by atoms with van der Waals surface area (Å²) in [6.07, 6.45) is 2.03. The van der Waals surface area contributed by atoms with Gasteiger partial charge in [-0.3, -0.25) is 9.88 Å². The Balaban J connectivity index is 1.60. The molecule has 20 heavy (non-hydrogen) atoms. The first kappa shape index (κ1) is 13.8. The topological polar surface area (TPSA) is 28.6 Å². The van der Waals surface area contributed by atoms with Crippen LogP contribution >= 0.6 is 0 Å². The summed E-state index contributed by atoms with van der Waals surface area (Å²) in [7, 11) is 0. The van der Waals surface area contributed by atoms with Crippen LogP contribution in [0.3, 0.4) is 0 Å². The predicted octanol–water partition coefficient (Wildman–Crippen LogP) is 2.12. The smallest absolute Gasteiger partial charge is 0.0671 e. The molecule has 110 valence electrons. The Morgan fingerprint density at radius 2 is 1.85 bits per heavy atom. The molecule has 0 atom stereocenters. The van der Waals surface area contributed by atoms with Gasteiger partial charge in [-0.05, 0) is 25.0 Å². The molecular formula is C16H25N3O. The molecule has 0 saturated carbocycles. The van der Waals surface area contributed by atoms with Gasteiger partial charge in [0.05, 0.1) is 30.6 Å². The monoisotopic (exact) mass is 275 g/mol. The maximum absolute atomic E-state index is 5.37. The lowest BCUT2D eigenvalue weighted by molar-refractivity contribution is -0.131. The molecule has 0 spiro atoms. The van der Waals surface area contributed by atoms with E-state index in [0.29, 0.717) is 5.92 Å². The van der Waals surface area contributed by atoms with E-state index < -0.39 is 0 Å². The number of ether oxygens (including phenoxy) is 1. The summed E-state index contributed by atoms with van der Waals surface area (Å²) in [5, 5.41) is 0. The summed E-state index contributed by atoms with van der Waals surface area (Å²) in [5.41, 5.74) is 2.71. The van der Waals surface area contributed by atoms with Crippen LogP contribution in [-0.4, -0.2) is 54.8 Å². The fourth-order valence-corrected chi connectivity index (χ4v) is 3.01. The summed E-state index contributed by atoms with van der Waals surface area (Å²) in [4.78, 5) is 9.59. The Hall–Kier alpha value is -1.13. The van der Waals surface area contributed by atoms with Crippen LogP contribution in [0.2, 0.25) is 0 Å². The molecule has 0 bridgehead atoms. The first-order chi connectivity index (χ1) is 9.58. The number of hydrogen-bond donors (Lipinski definition) is 0. The molecular weight excluding hydrogens is 250 g/mol. The van der Waals surface area contributed by atoms with Crippen molar-refractivity contribution in [3.05, 3.63) is 24.0 Å². The number of aromatic nitrogens is 1. The second-order valence-corrected chi connectivity index (χ2v) is 6.56. The molecule has 0 N–H and O–H groups in total. The molecule has 1 aromatic heterocycles. The lowest BCUT2D eigenvalue weighted by Gasteiger charge is -2.50. The van der Waals surface area contributed by atoms with Crippen molar-refractivity contribution < 1.29 is 4.74 Å². The fraction of sp³-hybridized carbons (Fsp3) is 0.688. The van der Waals surface area contributed by atoms with Crippen LogP contribution in [0.15, 0.2) is 18.3 Å². The van der Waals surface area contributed by atoms with Crippen molar-refractivity contribution in [2.24, 2.45) is 0 Å². The third kappa shape index (κ3) is 2.54. The average molecular weight is 275 g/mol. The SMILES string of the molecule is CC(C)c1ccc(N2CCN(C3(C)COC3)CC2)cn1. The Bertz CT molecular complexity index is 445. The molecule has 0 radical (unpaired) electrons. The largest absolute Gasteiger partial charge is 0.377 e. The third-order valence-corrected chi connectivity index (χ3v) is 4.60. The zero-order chi connectivity index (χ0) is 14.2. The first-order valence-corrected chi connectivity index (χ1v) is 7.62. The molecule has 2 fully saturated rings. The van der Waals surface area contributed by atoms with Gasteiger partial charge in [-0.2, -0.15) is 0 Å². The molecule has 0 aromatic carbocycles. The van der Waals surface area contributed by atoms with Gasteiger partial charge < -0.3 is 9.64 Å². The van der Waals surface area contributed by atoms with Crippen molar-refractivity contribution in [2.75, 3.05) is 44.3 Å². The van der Waals surface area contributed by atoms with Crippen LogP contribution in [0.5, 0.6) is 0 Å². The van der Waals surface area contributed by atoms with E-state index in [4.69, 9.17) is 4.74 Å². The molecule has 4 heteroatoms. The fourth-order valence-electron chi connectivity index (χ4n) is 3.01.